The highest BCUT2D eigenvalue weighted by molar-refractivity contribution is 8.14. The molecular weight excluding hydrogens is 264 g/mol. The molecule has 3 nitrogen and oxygen atoms in total. The Morgan fingerprint density at radius 2 is 2.00 bits per heavy atom. The Morgan fingerprint density at radius 3 is 2.60 bits per heavy atom. The predicted octanol–water partition coefficient (Wildman–Crippen LogP) is 2.89. The first kappa shape index (κ1) is 10.7. The van der Waals surface area contributed by atoms with Crippen molar-refractivity contribution in [3.8, 4) is 0 Å². The molecule has 2 aromatic rings. The fourth-order valence-electron chi connectivity index (χ4n) is 1.31. The maximum Gasteiger partial charge on any atom is 0.263 e. The molecule has 15 heavy (non-hydrogen) atoms. The van der Waals surface area contributed by atoms with E-state index in [4.69, 9.17) is 22.3 Å². The first-order valence-corrected chi connectivity index (χ1v) is 6.50. The number of rotatable bonds is 1. The number of benzene rings is 1. The van der Waals surface area contributed by atoms with Crippen molar-refractivity contribution in [2.24, 2.45) is 0 Å². The van der Waals surface area contributed by atoms with Crippen LogP contribution in [0.15, 0.2) is 23.2 Å². The Hall–Kier alpha value is -0.780. The van der Waals surface area contributed by atoms with Crippen molar-refractivity contribution in [1.82, 2.24) is 4.98 Å². The third-order valence-electron chi connectivity index (χ3n) is 1.97. The van der Waals surface area contributed by atoms with Gasteiger partial charge in [-0.25, -0.2) is 12.8 Å². The average molecular weight is 268 g/mol. The Morgan fingerprint density at radius 1 is 1.33 bits per heavy atom. The lowest BCUT2D eigenvalue weighted by Crippen LogP contribution is -1.88. The molecule has 0 aliphatic heterocycles. The second-order valence-electron chi connectivity index (χ2n) is 2.87. The summed E-state index contributed by atoms with van der Waals surface area (Å²) < 4.78 is 35.6. The molecule has 0 fully saturated rings. The molecule has 2 rings (SSSR count). The first-order chi connectivity index (χ1) is 6.91. The summed E-state index contributed by atoms with van der Waals surface area (Å²) in [6.45, 7) is 0. The Kier molecular flexibility index (Phi) is 2.41. The lowest BCUT2D eigenvalue weighted by molar-refractivity contribution is 0.610. The minimum Gasteiger partial charge on any atom is -0.357 e. The lowest BCUT2D eigenvalue weighted by atomic mass is 10.2. The summed E-state index contributed by atoms with van der Waals surface area (Å²) in [5.41, 5.74) is 0.0294. The predicted molar refractivity (Wildman–Crippen MR) is 56.3 cm³/mol. The summed E-state index contributed by atoms with van der Waals surface area (Å²) in [4.78, 5) is 2.32. The van der Waals surface area contributed by atoms with Gasteiger partial charge in [0.1, 0.15) is 4.90 Å². The van der Waals surface area contributed by atoms with Crippen LogP contribution < -0.4 is 0 Å². The van der Waals surface area contributed by atoms with Crippen molar-refractivity contribution in [3.63, 3.8) is 0 Å². The SMILES string of the molecule is O=S(=O)(Cl)c1c[nH]c2c(F)c(Cl)ccc12. The van der Waals surface area contributed by atoms with E-state index in [1.54, 1.807) is 0 Å². The molecule has 0 aliphatic rings. The zero-order valence-electron chi connectivity index (χ0n) is 7.09. The van der Waals surface area contributed by atoms with Crippen LogP contribution in [0, 0.1) is 5.82 Å². The Balaban J connectivity index is 2.90. The molecule has 0 atom stereocenters. The van der Waals surface area contributed by atoms with Gasteiger partial charge in [-0.3, -0.25) is 0 Å². The molecule has 80 valence electrons. The largest absolute Gasteiger partial charge is 0.357 e. The number of aromatic amines is 1. The molecule has 0 spiro atoms. The second-order valence-corrected chi connectivity index (χ2v) is 5.82. The molecule has 1 N–H and O–H groups in total. The molecule has 1 aromatic heterocycles. The van der Waals surface area contributed by atoms with Crippen LogP contribution in [0.3, 0.4) is 0 Å². The van der Waals surface area contributed by atoms with Crippen molar-refractivity contribution in [2.75, 3.05) is 0 Å². The van der Waals surface area contributed by atoms with Gasteiger partial charge in [-0.1, -0.05) is 11.6 Å². The van der Waals surface area contributed by atoms with Crippen LogP contribution in [0.1, 0.15) is 0 Å². The van der Waals surface area contributed by atoms with E-state index < -0.39 is 14.9 Å². The molecule has 0 unspecified atom stereocenters. The van der Waals surface area contributed by atoms with Crippen LogP contribution in [0.25, 0.3) is 10.9 Å². The van der Waals surface area contributed by atoms with E-state index in [0.717, 1.165) is 6.20 Å². The summed E-state index contributed by atoms with van der Waals surface area (Å²) >= 11 is 5.53. The van der Waals surface area contributed by atoms with Gasteiger partial charge in [-0.05, 0) is 12.1 Å². The van der Waals surface area contributed by atoms with Gasteiger partial charge in [-0.2, -0.15) is 0 Å². The second kappa shape index (κ2) is 3.37. The van der Waals surface area contributed by atoms with Crippen molar-refractivity contribution in [2.45, 2.75) is 4.90 Å². The minimum absolute atomic E-state index is 0.0294. The van der Waals surface area contributed by atoms with E-state index in [0.29, 0.717) is 0 Å². The van der Waals surface area contributed by atoms with Crippen LogP contribution in [0.4, 0.5) is 4.39 Å². The number of H-pyrrole nitrogens is 1. The number of nitrogens with one attached hydrogen (secondary N) is 1. The summed E-state index contributed by atoms with van der Waals surface area (Å²) in [5, 5.41) is 0.106. The number of halogens is 3. The standard InChI is InChI=1S/C8H4Cl2FNO2S/c9-5-2-1-4-6(15(10,13)14)3-12-8(4)7(5)11/h1-3,12H. The van der Waals surface area contributed by atoms with Gasteiger partial charge < -0.3 is 4.98 Å². The maximum atomic E-state index is 13.4. The number of hydrogen-bond donors (Lipinski definition) is 1. The Labute approximate surface area is 94.2 Å². The van der Waals surface area contributed by atoms with Crippen molar-refractivity contribution < 1.29 is 12.8 Å². The van der Waals surface area contributed by atoms with Crippen LogP contribution >= 0.6 is 22.3 Å². The molecule has 7 heteroatoms. The molecular formula is C8H4Cl2FNO2S. The molecule has 0 bridgehead atoms. The minimum atomic E-state index is -3.88. The fraction of sp³-hybridized carbons (Fsp3) is 0. The van der Waals surface area contributed by atoms with Crippen LogP contribution in [0.5, 0.6) is 0 Å². The van der Waals surface area contributed by atoms with Crippen molar-refractivity contribution in [1.29, 1.82) is 0 Å². The van der Waals surface area contributed by atoms with E-state index in [2.05, 4.69) is 4.98 Å². The zero-order valence-corrected chi connectivity index (χ0v) is 9.42. The van der Waals surface area contributed by atoms with Crippen molar-refractivity contribution >= 4 is 42.2 Å². The van der Waals surface area contributed by atoms with Crippen LogP contribution in [0.2, 0.25) is 5.02 Å². The average Bonchev–Trinajstić information content (AvgIpc) is 2.54. The van der Waals surface area contributed by atoms with Gasteiger partial charge >= 0.3 is 0 Å². The molecule has 0 saturated heterocycles. The topological polar surface area (TPSA) is 49.9 Å². The smallest absolute Gasteiger partial charge is 0.263 e. The third-order valence-corrected chi connectivity index (χ3v) is 3.62. The molecule has 1 heterocycles. The quantitative estimate of drug-likeness (QED) is 0.808. The van der Waals surface area contributed by atoms with Gasteiger partial charge in [0, 0.05) is 22.3 Å². The number of aromatic nitrogens is 1. The number of fused-ring (bicyclic) bond motifs is 1. The highest BCUT2D eigenvalue weighted by atomic mass is 35.7. The Bertz CT molecular complexity index is 635. The van der Waals surface area contributed by atoms with Gasteiger partial charge in [0.2, 0.25) is 0 Å². The lowest BCUT2D eigenvalue weighted by Gasteiger charge is -1.96. The first-order valence-electron chi connectivity index (χ1n) is 3.81. The molecule has 0 saturated carbocycles. The van der Waals surface area contributed by atoms with E-state index in [1.807, 2.05) is 0 Å². The molecule has 0 radical (unpaired) electrons. The van der Waals surface area contributed by atoms with E-state index in [-0.39, 0.29) is 20.8 Å². The van der Waals surface area contributed by atoms with Gasteiger partial charge in [-0.15, -0.1) is 0 Å². The summed E-state index contributed by atoms with van der Waals surface area (Å²) in [6, 6.07) is 2.67. The summed E-state index contributed by atoms with van der Waals surface area (Å²) in [7, 11) is 1.28. The molecule has 0 amide bonds. The normalized spacial score (nSPS) is 12.2. The van der Waals surface area contributed by atoms with Crippen LogP contribution in [-0.4, -0.2) is 13.4 Å². The zero-order chi connectivity index (χ0) is 11.2. The fourth-order valence-corrected chi connectivity index (χ4v) is 2.49. The third kappa shape index (κ3) is 1.71. The highest BCUT2D eigenvalue weighted by Gasteiger charge is 2.18. The van der Waals surface area contributed by atoms with Crippen molar-refractivity contribution in [3.05, 3.63) is 29.2 Å². The van der Waals surface area contributed by atoms with Gasteiger partial charge in [0.15, 0.2) is 5.82 Å². The van der Waals surface area contributed by atoms with E-state index >= 15 is 0 Å². The van der Waals surface area contributed by atoms with Crippen LogP contribution in [-0.2, 0) is 9.05 Å². The maximum absolute atomic E-state index is 13.4. The highest BCUT2D eigenvalue weighted by Crippen LogP contribution is 2.30. The molecule has 1 aromatic carbocycles. The number of hydrogen-bond acceptors (Lipinski definition) is 2. The summed E-state index contributed by atoms with van der Waals surface area (Å²) in [6.07, 6.45) is 1.13. The summed E-state index contributed by atoms with van der Waals surface area (Å²) in [5.74, 6) is -0.694. The van der Waals surface area contributed by atoms with Gasteiger partial charge in [0.05, 0.1) is 10.5 Å². The monoisotopic (exact) mass is 267 g/mol. The molecule has 0 aliphatic carbocycles. The van der Waals surface area contributed by atoms with E-state index in [9.17, 15) is 12.8 Å². The van der Waals surface area contributed by atoms with E-state index in [1.165, 1.54) is 12.1 Å². The van der Waals surface area contributed by atoms with Gasteiger partial charge in [0.25, 0.3) is 9.05 Å².